The predicted molar refractivity (Wildman–Crippen MR) is 26.1 cm³/mol. The van der Waals surface area contributed by atoms with Crippen LogP contribution in [0.5, 0.6) is 0 Å². The van der Waals surface area contributed by atoms with Crippen molar-refractivity contribution in [2.75, 3.05) is 6.26 Å². The summed E-state index contributed by atoms with van der Waals surface area (Å²) in [6.07, 6.45) is 0.715. The normalized spacial score (nSPS) is 11.4. The van der Waals surface area contributed by atoms with E-state index in [1.54, 1.807) is 0 Å². The molecule has 0 aromatic carbocycles. The summed E-state index contributed by atoms with van der Waals surface area (Å²) < 4.78 is 23.3. The lowest BCUT2D eigenvalue weighted by Crippen LogP contribution is -2.20. The Kier molecular flexibility index (Phi) is 2.42. The predicted octanol–water partition coefficient (Wildman–Crippen LogP) is -2.07. The highest BCUT2D eigenvalue weighted by atomic mass is 32.2. The van der Waals surface area contributed by atoms with Gasteiger partial charge in [-0.3, -0.25) is 4.10 Å². The summed E-state index contributed by atoms with van der Waals surface area (Å²) in [5, 5.41) is 15.7. The first-order chi connectivity index (χ1) is 3.42. The maximum Gasteiger partial charge on any atom is 0.649 e. The number of rotatable bonds is 2. The van der Waals surface area contributed by atoms with Crippen LogP contribution in [0.4, 0.5) is 0 Å². The van der Waals surface area contributed by atoms with Gasteiger partial charge in [-0.2, -0.15) is 0 Å². The van der Waals surface area contributed by atoms with Crippen LogP contribution in [0, 0.1) is 0 Å². The van der Waals surface area contributed by atoms with Crippen LogP contribution in [-0.2, 0) is 14.2 Å². The third kappa shape index (κ3) is 5.89. The van der Waals surface area contributed by atoms with Gasteiger partial charge in [-0.1, -0.05) is 0 Å². The van der Waals surface area contributed by atoms with Crippen molar-refractivity contribution in [1.82, 2.24) is 0 Å². The molecule has 0 bridgehead atoms. The second kappa shape index (κ2) is 2.45. The second-order valence-electron chi connectivity index (χ2n) is 1.13. The molecule has 0 saturated carbocycles. The molecule has 0 aliphatic heterocycles. The van der Waals surface area contributed by atoms with Crippen molar-refractivity contribution < 1.29 is 22.6 Å². The highest BCUT2D eigenvalue weighted by Gasteiger charge is 2.15. The Balaban J connectivity index is 3.75. The van der Waals surface area contributed by atoms with Gasteiger partial charge in [0, 0.05) is 0 Å². The van der Waals surface area contributed by atoms with Crippen LogP contribution in [0.25, 0.3) is 0 Å². The maximum atomic E-state index is 9.90. The van der Waals surface area contributed by atoms with E-state index in [1.165, 1.54) is 0 Å². The molecule has 0 aromatic heterocycles. The van der Waals surface area contributed by atoms with E-state index < -0.39 is 17.4 Å². The second-order valence-corrected chi connectivity index (χ2v) is 2.73. The lowest BCUT2D eigenvalue weighted by molar-refractivity contribution is 0.292. The lowest BCUT2D eigenvalue weighted by Gasteiger charge is -1.94. The van der Waals surface area contributed by atoms with Crippen LogP contribution in [-0.4, -0.2) is 32.0 Å². The van der Waals surface area contributed by atoms with Crippen LogP contribution in [0.1, 0.15) is 0 Å². The summed E-state index contributed by atoms with van der Waals surface area (Å²) in [6, 6.07) is 0. The molecular weight excluding hydrogens is 135 g/mol. The van der Waals surface area contributed by atoms with E-state index in [9.17, 15) is 8.42 Å². The average molecular weight is 140 g/mol. The third-order valence-corrected chi connectivity index (χ3v) is 0.783. The Morgan fingerprint density at radius 2 is 1.88 bits per heavy atom. The van der Waals surface area contributed by atoms with Gasteiger partial charge in [-0.15, -0.1) is 0 Å². The van der Waals surface area contributed by atoms with Crippen molar-refractivity contribution in [2.24, 2.45) is 0 Å². The van der Waals surface area contributed by atoms with E-state index in [0.717, 1.165) is 0 Å². The summed E-state index contributed by atoms with van der Waals surface area (Å²) in [4.78, 5) is 0. The first-order valence-corrected chi connectivity index (χ1v) is 3.48. The fourth-order valence-corrected chi connectivity index (χ4v) is 0.469. The summed E-state index contributed by atoms with van der Waals surface area (Å²) in [5.41, 5.74) is 0. The van der Waals surface area contributed by atoms with Gasteiger partial charge in [-0.05, 0) is 0 Å². The standard InChI is InChI=1S/CH5BO5S/c1-8(5,6)7-2(3)4/h3-4H,1H3. The molecule has 0 fully saturated rings. The van der Waals surface area contributed by atoms with Crippen molar-refractivity contribution >= 4 is 17.4 Å². The Labute approximate surface area is 47.2 Å². The van der Waals surface area contributed by atoms with Gasteiger partial charge in [0.15, 0.2) is 0 Å². The van der Waals surface area contributed by atoms with E-state index in [-0.39, 0.29) is 0 Å². The van der Waals surface area contributed by atoms with Crippen molar-refractivity contribution in [3.63, 3.8) is 0 Å². The average Bonchev–Trinajstić information content (AvgIpc) is 1.21. The van der Waals surface area contributed by atoms with E-state index in [0.29, 0.717) is 6.26 Å². The lowest BCUT2D eigenvalue weighted by atomic mass is 10.3. The Bertz CT molecular complexity index is 146. The minimum atomic E-state index is -3.72. The molecule has 0 saturated heterocycles. The number of hydrogen-bond donors (Lipinski definition) is 2. The Morgan fingerprint density at radius 3 is 1.88 bits per heavy atom. The summed E-state index contributed by atoms with van der Waals surface area (Å²) in [6.45, 7) is 0. The molecule has 7 heteroatoms. The molecule has 5 nitrogen and oxygen atoms in total. The van der Waals surface area contributed by atoms with Crippen LogP contribution < -0.4 is 0 Å². The topological polar surface area (TPSA) is 83.8 Å². The van der Waals surface area contributed by atoms with E-state index in [4.69, 9.17) is 10.0 Å². The Hall–Kier alpha value is -0.105. The molecule has 8 heavy (non-hydrogen) atoms. The highest BCUT2D eigenvalue weighted by molar-refractivity contribution is 7.86. The van der Waals surface area contributed by atoms with E-state index in [2.05, 4.69) is 4.10 Å². The molecule has 0 aliphatic rings. The van der Waals surface area contributed by atoms with Crippen molar-refractivity contribution in [2.45, 2.75) is 0 Å². The zero-order chi connectivity index (χ0) is 6.78. The molecule has 0 unspecified atom stereocenters. The fourth-order valence-electron chi connectivity index (χ4n) is 0.156. The SMILES string of the molecule is CS(=O)(=O)OB(O)O. The van der Waals surface area contributed by atoms with Gasteiger partial charge in [0.1, 0.15) is 0 Å². The van der Waals surface area contributed by atoms with Crippen molar-refractivity contribution in [3.05, 3.63) is 0 Å². The molecule has 2 N–H and O–H groups in total. The molecule has 0 spiro atoms. The monoisotopic (exact) mass is 140 g/mol. The van der Waals surface area contributed by atoms with Crippen LogP contribution in [0.3, 0.4) is 0 Å². The summed E-state index contributed by atoms with van der Waals surface area (Å²) in [7, 11) is -5.97. The fraction of sp³-hybridized carbons (Fsp3) is 1.00. The molecule has 0 amide bonds. The van der Waals surface area contributed by atoms with Crippen LogP contribution >= 0.6 is 0 Å². The van der Waals surface area contributed by atoms with Gasteiger partial charge >= 0.3 is 7.32 Å². The first-order valence-electron chi connectivity index (χ1n) is 1.66. The molecule has 0 aromatic rings. The van der Waals surface area contributed by atoms with Gasteiger partial charge in [0.25, 0.3) is 10.1 Å². The largest absolute Gasteiger partial charge is 0.649 e. The summed E-state index contributed by atoms with van der Waals surface area (Å²) in [5.74, 6) is 0. The first kappa shape index (κ1) is 7.89. The highest BCUT2D eigenvalue weighted by Crippen LogP contribution is 1.84. The minimum absolute atomic E-state index is 0.715. The van der Waals surface area contributed by atoms with Crippen LogP contribution in [0.15, 0.2) is 0 Å². The van der Waals surface area contributed by atoms with Crippen LogP contribution in [0.2, 0.25) is 0 Å². The molecule has 0 rings (SSSR count). The van der Waals surface area contributed by atoms with E-state index >= 15 is 0 Å². The zero-order valence-corrected chi connectivity index (χ0v) is 4.92. The van der Waals surface area contributed by atoms with Gasteiger partial charge in [0.05, 0.1) is 6.26 Å². The smallest absolute Gasteiger partial charge is 0.401 e. The van der Waals surface area contributed by atoms with Gasteiger partial charge in [-0.25, -0.2) is 8.42 Å². The zero-order valence-electron chi connectivity index (χ0n) is 4.10. The van der Waals surface area contributed by atoms with E-state index in [1.807, 2.05) is 0 Å². The van der Waals surface area contributed by atoms with Crippen molar-refractivity contribution in [1.29, 1.82) is 0 Å². The molecule has 0 aliphatic carbocycles. The minimum Gasteiger partial charge on any atom is -0.401 e. The summed E-state index contributed by atoms with van der Waals surface area (Å²) >= 11 is 0. The molecule has 0 heterocycles. The third-order valence-electron chi connectivity index (χ3n) is 0.261. The quantitative estimate of drug-likeness (QED) is 0.430. The van der Waals surface area contributed by atoms with Gasteiger partial charge < -0.3 is 10.0 Å². The number of hydrogen-bond acceptors (Lipinski definition) is 5. The van der Waals surface area contributed by atoms with Gasteiger partial charge in [0.2, 0.25) is 0 Å². The molecular formula is CH5BO5S. The Morgan fingerprint density at radius 1 is 1.50 bits per heavy atom. The molecule has 0 radical (unpaired) electrons. The maximum absolute atomic E-state index is 9.90. The molecule has 0 atom stereocenters. The van der Waals surface area contributed by atoms with Crippen molar-refractivity contribution in [3.8, 4) is 0 Å². The molecule has 48 valence electrons.